The summed E-state index contributed by atoms with van der Waals surface area (Å²) in [4.78, 5) is 34.1. The molecule has 9 heteroatoms. The summed E-state index contributed by atoms with van der Waals surface area (Å²) in [7, 11) is 0. The van der Waals surface area contributed by atoms with Gasteiger partial charge in [0, 0.05) is 12.0 Å². The zero-order valence-electron chi connectivity index (χ0n) is 20.7. The number of unbranched alkanes of at least 4 members (excludes halogenated alkanes) is 11. The molecule has 0 aliphatic rings. The summed E-state index contributed by atoms with van der Waals surface area (Å²) >= 11 is -3.79. The molecule has 0 saturated heterocycles. The van der Waals surface area contributed by atoms with E-state index in [0.29, 0.717) is 6.42 Å². The van der Waals surface area contributed by atoms with Crippen molar-refractivity contribution in [3.05, 3.63) is 12.2 Å². The number of carbonyl (C=O) groups excluding carboxylic acids is 3. The number of ether oxygens (including phenoxy) is 2. The van der Waals surface area contributed by atoms with E-state index < -0.39 is 47.2 Å². The molecule has 192 valence electrons. The van der Waals surface area contributed by atoms with Gasteiger partial charge in [0.25, 0.3) is 0 Å². The Bertz CT molecular complexity index is 571. The van der Waals surface area contributed by atoms with Crippen molar-refractivity contribution in [1.29, 1.82) is 0 Å². The van der Waals surface area contributed by atoms with Gasteiger partial charge in [0.15, 0.2) is 6.61 Å². The van der Waals surface area contributed by atoms with Crippen LogP contribution in [0.2, 0.25) is 0 Å². The Morgan fingerprint density at radius 2 is 1.18 bits per heavy atom. The molecule has 0 fully saturated rings. The van der Waals surface area contributed by atoms with Crippen LogP contribution in [0.4, 0.5) is 0 Å². The Hall–Kier alpha value is -1.05. The molecule has 0 bridgehead atoms. The Kier molecular flexibility index (Phi) is 24.9. The molecule has 0 aromatic rings. The normalized spacial score (nSPS) is 10.2. The van der Waals surface area contributed by atoms with Crippen LogP contribution in [0.15, 0.2) is 12.2 Å². The van der Waals surface area contributed by atoms with Gasteiger partial charge in [-0.2, -0.15) is 0 Å². The van der Waals surface area contributed by atoms with Crippen LogP contribution in [0.1, 0.15) is 111 Å². The number of hydrogen-bond acceptors (Lipinski definition) is 6. The first-order valence-electron chi connectivity index (χ1n) is 12.0. The van der Waals surface area contributed by atoms with Gasteiger partial charge in [0.2, 0.25) is 0 Å². The van der Waals surface area contributed by atoms with E-state index in [9.17, 15) is 14.4 Å². The molecule has 8 nitrogen and oxygen atoms in total. The zero-order chi connectivity index (χ0) is 25.5. The van der Waals surface area contributed by atoms with E-state index in [2.05, 4.69) is 29.9 Å². The van der Waals surface area contributed by atoms with E-state index >= 15 is 0 Å². The number of esters is 3. The Labute approximate surface area is 208 Å². The van der Waals surface area contributed by atoms with Crippen molar-refractivity contribution in [1.82, 2.24) is 0 Å². The van der Waals surface area contributed by atoms with Crippen LogP contribution in [-0.4, -0.2) is 30.9 Å². The minimum atomic E-state index is -3.79. The summed E-state index contributed by atoms with van der Waals surface area (Å²) in [6.45, 7) is 8.91. The van der Waals surface area contributed by atoms with Gasteiger partial charge < -0.3 is 9.47 Å². The molecule has 2 N–H and O–H groups in total. The van der Waals surface area contributed by atoms with Crippen LogP contribution in [-0.2, 0) is 49.3 Å². The van der Waals surface area contributed by atoms with Gasteiger partial charge in [-0.05, 0) is 19.3 Å². The van der Waals surface area contributed by atoms with Gasteiger partial charge in [-0.25, -0.2) is 9.59 Å². The van der Waals surface area contributed by atoms with Gasteiger partial charge >= 0.3 is 49.7 Å². The van der Waals surface area contributed by atoms with Crippen molar-refractivity contribution >= 4 is 17.9 Å². The first-order valence-corrected chi connectivity index (χ1v) is 15.2. The molecular formula is C24H44O8Zr. The van der Waals surface area contributed by atoms with Crippen LogP contribution in [0.5, 0.6) is 0 Å². The van der Waals surface area contributed by atoms with E-state index in [1.54, 1.807) is 0 Å². The summed E-state index contributed by atoms with van der Waals surface area (Å²) in [6.07, 6.45) is 16.3. The molecule has 0 aliphatic carbocycles. The summed E-state index contributed by atoms with van der Waals surface area (Å²) < 4.78 is 32.6. The molecule has 0 amide bonds. The Balaban J connectivity index is 0. The van der Waals surface area contributed by atoms with E-state index in [1.807, 2.05) is 0 Å². The van der Waals surface area contributed by atoms with Crippen molar-refractivity contribution < 1.29 is 55.7 Å². The standard InChI is InChI=1S/C24H42O5.2H2O.O.Zr/c1-20(2)17-15-13-11-9-7-5-6-8-10-12-14-16-18-22(25)29-23(26)19-28-24(27)21(3)4;;;;/h20H,3,5-19H2,1-2,4H3;2*1H2;;/q;;;;+2/p-2. The Morgan fingerprint density at radius 1 is 0.788 bits per heavy atom. The molecule has 33 heavy (non-hydrogen) atoms. The van der Waals surface area contributed by atoms with E-state index in [1.165, 1.54) is 71.1 Å². The van der Waals surface area contributed by atoms with Gasteiger partial charge in [-0.15, -0.1) is 0 Å². The molecule has 0 heterocycles. The van der Waals surface area contributed by atoms with Crippen molar-refractivity contribution in [2.45, 2.75) is 111 Å². The second kappa shape index (κ2) is 24.1. The molecule has 0 spiro atoms. The fraction of sp³-hybridized carbons (Fsp3) is 0.792. The molecule has 0 saturated carbocycles. The minimum absolute atomic E-state index is 0.196. The third-order valence-electron chi connectivity index (χ3n) is 4.81. The SMILES string of the molecule is C=C(C)C(=O)OCC(=O)OC(=O)CCCCCCCCCCCCCCC(C)C.[O]=[Zr]([OH])[OH]. The van der Waals surface area contributed by atoms with Crippen molar-refractivity contribution in [3.63, 3.8) is 0 Å². The number of hydrogen-bond donors (Lipinski definition) is 2. The maximum absolute atomic E-state index is 11.6. The van der Waals surface area contributed by atoms with Crippen LogP contribution in [0.25, 0.3) is 0 Å². The van der Waals surface area contributed by atoms with Crippen LogP contribution in [0.3, 0.4) is 0 Å². The van der Waals surface area contributed by atoms with Gasteiger partial charge in [-0.3, -0.25) is 4.79 Å². The van der Waals surface area contributed by atoms with Crippen molar-refractivity contribution in [2.24, 2.45) is 5.92 Å². The van der Waals surface area contributed by atoms with Crippen LogP contribution in [0, 0.1) is 5.92 Å². The van der Waals surface area contributed by atoms with Gasteiger partial charge in [0.05, 0.1) is 0 Å². The third kappa shape index (κ3) is 31.0. The summed E-state index contributed by atoms with van der Waals surface area (Å²) in [5.41, 5.74) is 0.196. The second-order valence-corrected chi connectivity index (χ2v) is 10.0. The molecule has 0 aliphatic heterocycles. The monoisotopic (exact) mass is 550 g/mol. The molecule has 0 radical (unpaired) electrons. The van der Waals surface area contributed by atoms with Gasteiger partial charge in [-0.1, -0.05) is 97.5 Å². The number of rotatable bonds is 18. The third-order valence-corrected chi connectivity index (χ3v) is 4.81. The first-order chi connectivity index (χ1) is 15.6. The summed E-state index contributed by atoms with van der Waals surface area (Å²) in [6, 6.07) is 0. The van der Waals surface area contributed by atoms with Crippen LogP contribution < -0.4 is 0 Å². The van der Waals surface area contributed by atoms with E-state index in [0.717, 1.165) is 18.8 Å². The molecule has 0 aromatic carbocycles. The summed E-state index contributed by atoms with van der Waals surface area (Å²) in [5.74, 6) is -1.24. The van der Waals surface area contributed by atoms with Crippen molar-refractivity contribution in [2.75, 3.05) is 6.61 Å². The zero-order valence-corrected chi connectivity index (χ0v) is 23.2. The van der Waals surface area contributed by atoms with E-state index in [4.69, 9.17) is 9.18 Å². The number of carbonyl (C=O) groups is 3. The fourth-order valence-electron chi connectivity index (χ4n) is 3.04. The topological polar surface area (TPSA) is 127 Å². The molecule has 0 unspecified atom stereocenters. The van der Waals surface area contributed by atoms with Crippen LogP contribution >= 0.6 is 0 Å². The Morgan fingerprint density at radius 3 is 1.58 bits per heavy atom. The quantitative estimate of drug-likeness (QED) is 0.105. The average Bonchev–Trinajstić information content (AvgIpc) is 2.71. The second-order valence-electron chi connectivity index (χ2n) is 8.66. The fourth-order valence-corrected chi connectivity index (χ4v) is 3.04. The van der Waals surface area contributed by atoms with Crippen molar-refractivity contribution in [3.8, 4) is 0 Å². The molecule has 0 aromatic heterocycles. The average molecular weight is 552 g/mol. The molecule has 0 atom stereocenters. The molecule has 0 rings (SSSR count). The molecular weight excluding hydrogens is 507 g/mol. The predicted molar refractivity (Wildman–Crippen MR) is 121 cm³/mol. The van der Waals surface area contributed by atoms with E-state index in [-0.39, 0.29) is 12.0 Å². The maximum atomic E-state index is 11.6. The summed E-state index contributed by atoms with van der Waals surface area (Å²) in [5, 5.41) is 0. The predicted octanol–water partition coefficient (Wildman–Crippen LogP) is 5.06. The first kappa shape index (κ1) is 34.1. The van der Waals surface area contributed by atoms with Gasteiger partial charge in [0.1, 0.15) is 0 Å².